The van der Waals surface area contributed by atoms with Crippen LogP contribution in [0.15, 0.2) is 54.6 Å². The molecule has 3 rings (SSSR count). The SMILES string of the molecule is CC(c1ccc(CN)cc1)N1CC(c2ccccc2)C1. The Balaban J connectivity index is 1.61. The highest BCUT2D eigenvalue weighted by atomic mass is 15.2. The molecule has 0 amide bonds. The first-order chi connectivity index (χ1) is 9.78. The molecule has 1 fully saturated rings. The lowest BCUT2D eigenvalue weighted by Crippen LogP contribution is -2.46. The van der Waals surface area contributed by atoms with Gasteiger partial charge in [0, 0.05) is 31.6 Å². The molecule has 1 saturated heterocycles. The van der Waals surface area contributed by atoms with E-state index in [0.29, 0.717) is 18.5 Å². The van der Waals surface area contributed by atoms with Crippen molar-refractivity contribution in [2.75, 3.05) is 13.1 Å². The van der Waals surface area contributed by atoms with E-state index in [2.05, 4.69) is 66.4 Å². The summed E-state index contributed by atoms with van der Waals surface area (Å²) in [6.07, 6.45) is 0. The normalized spacial score (nSPS) is 17.7. The minimum absolute atomic E-state index is 0.488. The summed E-state index contributed by atoms with van der Waals surface area (Å²) >= 11 is 0. The van der Waals surface area contributed by atoms with E-state index in [4.69, 9.17) is 5.73 Å². The molecule has 1 unspecified atom stereocenters. The lowest BCUT2D eigenvalue weighted by atomic mass is 9.89. The number of hydrogen-bond acceptors (Lipinski definition) is 2. The third-order valence-corrected chi connectivity index (χ3v) is 4.43. The van der Waals surface area contributed by atoms with Gasteiger partial charge in [0.1, 0.15) is 0 Å². The van der Waals surface area contributed by atoms with Gasteiger partial charge in [0.15, 0.2) is 0 Å². The summed E-state index contributed by atoms with van der Waals surface area (Å²) in [4.78, 5) is 2.54. The largest absolute Gasteiger partial charge is 0.326 e. The fourth-order valence-corrected chi connectivity index (χ4v) is 2.91. The Kier molecular flexibility index (Phi) is 3.86. The second kappa shape index (κ2) is 5.78. The van der Waals surface area contributed by atoms with Gasteiger partial charge in [-0.2, -0.15) is 0 Å². The van der Waals surface area contributed by atoms with Gasteiger partial charge < -0.3 is 5.73 Å². The molecule has 0 spiro atoms. The Labute approximate surface area is 121 Å². The maximum Gasteiger partial charge on any atom is 0.0320 e. The van der Waals surface area contributed by atoms with Gasteiger partial charge in [-0.05, 0) is 23.6 Å². The maximum absolute atomic E-state index is 5.65. The predicted octanol–water partition coefficient (Wildman–Crippen LogP) is 3.31. The zero-order valence-corrected chi connectivity index (χ0v) is 12.0. The van der Waals surface area contributed by atoms with Crippen LogP contribution in [-0.4, -0.2) is 18.0 Å². The van der Waals surface area contributed by atoms with Crippen molar-refractivity contribution in [3.8, 4) is 0 Å². The highest BCUT2D eigenvalue weighted by Gasteiger charge is 2.31. The minimum Gasteiger partial charge on any atom is -0.326 e. The van der Waals surface area contributed by atoms with Gasteiger partial charge in [-0.25, -0.2) is 0 Å². The Morgan fingerprint density at radius 1 is 1.05 bits per heavy atom. The molecule has 2 nitrogen and oxygen atoms in total. The lowest BCUT2D eigenvalue weighted by Gasteiger charge is -2.43. The molecule has 104 valence electrons. The van der Waals surface area contributed by atoms with E-state index in [1.165, 1.54) is 16.7 Å². The van der Waals surface area contributed by atoms with E-state index in [-0.39, 0.29) is 0 Å². The van der Waals surface area contributed by atoms with Crippen molar-refractivity contribution in [3.05, 3.63) is 71.3 Å². The molecule has 1 atom stereocenters. The predicted molar refractivity (Wildman–Crippen MR) is 83.5 cm³/mol. The van der Waals surface area contributed by atoms with E-state index in [9.17, 15) is 0 Å². The zero-order valence-electron chi connectivity index (χ0n) is 12.0. The first-order valence-corrected chi connectivity index (χ1v) is 7.36. The number of likely N-dealkylation sites (tertiary alicyclic amines) is 1. The monoisotopic (exact) mass is 266 g/mol. The van der Waals surface area contributed by atoms with E-state index < -0.39 is 0 Å². The van der Waals surface area contributed by atoms with E-state index in [1.54, 1.807) is 0 Å². The molecule has 0 bridgehead atoms. The van der Waals surface area contributed by atoms with Crippen LogP contribution in [0.5, 0.6) is 0 Å². The van der Waals surface area contributed by atoms with Gasteiger partial charge in [0.05, 0.1) is 0 Å². The number of benzene rings is 2. The first kappa shape index (κ1) is 13.3. The highest BCUT2D eigenvalue weighted by molar-refractivity contribution is 5.27. The molecule has 20 heavy (non-hydrogen) atoms. The van der Waals surface area contributed by atoms with Gasteiger partial charge >= 0.3 is 0 Å². The van der Waals surface area contributed by atoms with Gasteiger partial charge in [0.25, 0.3) is 0 Å². The molecule has 1 aliphatic heterocycles. The molecule has 1 heterocycles. The Morgan fingerprint density at radius 3 is 2.30 bits per heavy atom. The van der Waals surface area contributed by atoms with Crippen LogP contribution in [0, 0.1) is 0 Å². The molecule has 0 radical (unpaired) electrons. The number of rotatable bonds is 4. The lowest BCUT2D eigenvalue weighted by molar-refractivity contribution is 0.100. The zero-order chi connectivity index (χ0) is 13.9. The average molecular weight is 266 g/mol. The first-order valence-electron chi connectivity index (χ1n) is 7.36. The molecule has 0 aromatic heterocycles. The van der Waals surface area contributed by atoms with Crippen molar-refractivity contribution < 1.29 is 0 Å². The molecule has 2 N–H and O–H groups in total. The van der Waals surface area contributed by atoms with Crippen LogP contribution in [0.3, 0.4) is 0 Å². The second-order valence-electron chi connectivity index (χ2n) is 5.68. The van der Waals surface area contributed by atoms with Crippen molar-refractivity contribution >= 4 is 0 Å². The molecular formula is C18H22N2. The van der Waals surface area contributed by atoms with Crippen LogP contribution < -0.4 is 5.73 Å². The van der Waals surface area contributed by atoms with Crippen molar-refractivity contribution in [1.82, 2.24) is 4.90 Å². The molecule has 0 aliphatic carbocycles. The Hall–Kier alpha value is -1.64. The van der Waals surface area contributed by atoms with Crippen molar-refractivity contribution in [1.29, 1.82) is 0 Å². The summed E-state index contributed by atoms with van der Waals surface area (Å²) in [7, 11) is 0. The average Bonchev–Trinajstić information content (AvgIpc) is 2.47. The van der Waals surface area contributed by atoms with Crippen LogP contribution in [0.1, 0.15) is 35.6 Å². The fourth-order valence-electron chi connectivity index (χ4n) is 2.91. The van der Waals surface area contributed by atoms with Crippen molar-refractivity contribution in [2.45, 2.75) is 25.4 Å². The molecule has 2 aromatic rings. The van der Waals surface area contributed by atoms with E-state index in [0.717, 1.165) is 13.1 Å². The molecule has 1 aliphatic rings. The van der Waals surface area contributed by atoms with Crippen LogP contribution >= 0.6 is 0 Å². The summed E-state index contributed by atoms with van der Waals surface area (Å²) in [6.45, 7) is 5.22. The van der Waals surface area contributed by atoms with Gasteiger partial charge in [-0.1, -0.05) is 54.6 Å². The van der Waals surface area contributed by atoms with Crippen LogP contribution in [0.25, 0.3) is 0 Å². The third-order valence-electron chi connectivity index (χ3n) is 4.43. The number of nitrogens with zero attached hydrogens (tertiary/aromatic N) is 1. The van der Waals surface area contributed by atoms with Crippen LogP contribution in [0.2, 0.25) is 0 Å². The second-order valence-corrected chi connectivity index (χ2v) is 5.68. The van der Waals surface area contributed by atoms with Gasteiger partial charge in [-0.15, -0.1) is 0 Å². The van der Waals surface area contributed by atoms with Crippen LogP contribution in [0.4, 0.5) is 0 Å². The standard InChI is InChI=1S/C18H22N2/c1-14(16-9-7-15(11-19)8-10-16)20-12-18(13-20)17-5-3-2-4-6-17/h2-10,14,18H,11-13,19H2,1H3. The molecule has 2 heteroatoms. The van der Waals surface area contributed by atoms with Gasteiger partial charge in [-0.3, -0.25) is 4.90 Å². The van der Waals surface area contributed by atoms with Gasteiger partial charge in [0.2, 0.25) is 0 Å². The minimum atomic E-state index is 0.488. The van der Waals surface area contributed by atoms with E-state index >= 15 is 0 Å². The summed E-state index contributed by atoms with van der Waals surface area (Å²) in [5.41, 5.74) is 9.70. The Morgan fingerprint density at radius 2 is 1.70 bits per heavy atom. The Bertz CT molecular complexity index is 541. The van der Waals surface area contributed by atoms with Crippen molar-refractivity contribution in [3.63, 3.8) is 0 Å². The highest BCUT2D eigenvalue weighted by Crippen LogP contribution is 2.33. The summed E-state index contributed by atoms with van der Waals surface area (Å²) in [5, 5.41) is 0. The fraction of sp³-hybridized carbons (Fsp3) is 0.333. The smallest absolute Gasteiger partial charge is 0.0320 e. The third kappa shape index (κ3) is 2.62. The molecule has 2 aromatic carbocycles. The number of nitrogens with two attached hydrogens (primary N) is 1. The van der Waals surface area contributed by atoms with Crippen molar-refractivity contribution in [2.24, 2.45) is 5.73 Å². The van der Waals surface area contributed by atoms with E-state index in [1.807, 2.05) is 0 Å². The van der Waals surface area contributed by atoms with Crippen LogP contribution in [-0.2, 0) is 6.54 Å². The maximum atomic E-state index is 5.65. The molecule has 0 saturated carbocycles. The summed E-state index contributed by atoms with van der Waals surface area (Å²) < 4.78 is 0. The topological polar surface area (TPSA) is 29.3 Å². The number of hydrogen-bond donors (Lipinski definition) is 1. The summed E-state index contributed by atoms with van der Waals surface area (Å²) in [5.74, 6) is 0.696. The molecular weight excluding hydrogens is 244 g/mol. The quantitative estimate of drug-likeness (QED) is 0.920. The summed E-state index contributed by atoms with van der Waals surface area (Å²) in [6, 6.07) is 20.0.